The highest BCUT2D eigenvalue weighted by Crippen LogP contribution is 2.13. The standard InChI is InChI=1S/C14H31NO5S.C3H8/c1-3-5-13(12(17)10-16)20-14(18)11(2)19-7-4-8-21-9-6-15;1-3-2/h11-14,16-18H,3-10,15H2,1-2H3;3H2,1-2H3/t11-,12-,13?,14?;/m0./s1. The lowest BCUT2D eigenvalue weighted by Gasteiger charge is -2.27. The lowest BCUT2D eigenvalue weighted by Crippen LogP contribution is -2.39. The van der Waals surface area contributed by atoms with Crippen LogP contribution in [-0.4, -0.2) is 71.2 Å². The monoisotopic (exact) mass is 369 g/mol. The van der Waals surface area contributed by atoms with Crippen molar-refractivity contribution in [1.82, 2.24) is 0 Å². The second-order valence-electron chi connectivity index (χ2n) is 5.64. The van der Waals surface area contributed by atoms with Crippen LogP contribution in [0.2, 0.25) is 0 Å². The fourth-order valence-corrected chi connectivity index (χ4v) is 2.43. The van der Waals surface area contributed by atoms with Crippen molar-refractivity contribution < 1.29 is 24.8 Å². The van der Waals surface area contributed by atoms with Crippen molar-refractivity contribution in [3.8, 4) is 0 Å². The van der Waals surface area contributed by atoms with Gasteiger partial charge in [0.15, 0.2) is 6.29 Å². The Morgan fingerprint density at radius 2 is 1.75 bits per heavy atom. The van der Waals surface area contributed by atoms with Crippen LogP contribution in [0.3, 0.4) is 0 Å². The zero-order valence-corrected chi connectivity index (χ0v) is 16.6. The minimum Gasteiger partial charge on any atom is -0.394 e. The first-order valence-electron chi connectivity index (χ1n) is 9.00. The minimum atomic E-state index is -1.11. The van der Waals surface area contributed by atoms with E-state index in [1.807, 2.05) is 6.92 Å². The molecule has 0 amide bonds. The molecule has 2 unspecified atom stereocenters. The molecule has 5 N–H and O–H groups in total. The van der Waals surface area contributed by atoms with Gasteiger partial charge in [0.05, 0.1) is 12.7 Å². The Morgan fingerprint density at radius 1 is 1.12 bits per heavy atom. The van der Waals surface area contributed by atoms with Gasteiger partial charge in [-0.25, -0.2) is 0 Å². The van der Waals surface area contributed by atoms with E-state index in [0.29, 0.717) is 19.6 Å². The number of aliphatic hydroxyl groups is 3. The highest BCUT2D eigenvalue weighted by atomic mass is 32.2. The Hall–Kier alpha value is 0.110. The molecule has 0 bridgehead atoms. The molecule has 24 heavy (non-hydrogen) atoms. The molecule has 0 aromatic rings. The molecule has 0 spiro atoms. The summed E-state index contributed by atoms with van der Waals surface area (Å²) in [5.41, 5.74) is 5.40. The van der Waals surface area contributed by atoms with Crippen LogP contribution in [0.15, 0.2) is 0 Å². The van der Waals surface area contributed by atoms with Gasteiger partial charge in [-0.3, -0.25) is 0 Å². The third-order valence-corrected chi connectivity index (χ3v) is 4.08. The van der Waals surface area contributed by atoms with Crippen LogP contribution < -0.4 is 5.73 Å². The van der Waals surface area contributed by atoms with E-state index in [0.717, 1.165) is 24.3 Å². The quantitative estimate of drug-likeness (QED) is 0.273. The Balaban J connectivity index is 0. The third-order valence-electron chi connectivity index (χ3n) is 2.98. The molecule has 0 heterocycles. The van der Waals surface area contributed by atoms with Crippen LogP contribution in [0.1, 0.15) is 53.4 Å². The first kappa shape index (κ1) is 26.3. The van der Waals surface area contributed by atoms with Gasteiger partial charge in [0, 0.05) is 18.9 Å². The van der Waals surface area contributed by atoms with E-state index in [1.165, 1.54) is 6.42 Å². The number of thioether (sulfide) groups is 1. The summed E-state index contributed by atoms with van der Waals surface area (Å²) >= 11 is 1.78. The number of hydrogen-bond acceptors (Lipinski definition) is 7. The lowest BCUT2D eigenvalue weighted by molar-refractivity contribution is -0.217. The zero-order chi connectivity index (χ0) is 18.8. The molecule has 0 saturated carbocycles. The summed E-state index contributed by atoms with van der Waals surface area (Å²) in [5.74, 6) is 1.92. The number of nitrogens with two attached hydrogens (primary N) is 1. The van der Waals surface area contributed by atoms with E-state index < -0.39 is 24.6 Å². The molecule has 0 aliphatic rings. The molecule has 7 heteroatoms. The average molecular weight is 370 g/mol. The molecule has 0 fully saturated rings. The molecule has 0 aromatic carbocycles. The van der Waals surface area contributed by atoms with Gasteiger partial charge >= 0.3 is 0 Å². The van der Waals surface area contributed by atoms with Gasteiger partial charge in [-0.1, -0.05) is 33.6 Å². The summed E-state index contributed by atoms with van der Waals surface area (Å²) in [6.45, 7) is 8.77. The predicted octanol–water partition coefficient (Wildman–Crippen LogP) is 1.75. The summed E-state index contributed by atoms with van der Waals surface area (Å²) in [5, 5.41) is 28.5. The van der Waals surface area contributed by atoms with Gasteiger partial charge in [-0.2, -0.15) is 11.8 Å². The topological polar surface area (TPSA) is 105 Å². The van der Waals surface area contributed by atoms with Gasteiger partial charge in [0.25, 0.3) is 0 Å². The van der Waals surface area contributed by atoms with E-state index in [4.69, 9.17) is 20.3 Å². The normalized spacial score (nSPS) is 16.0. The molecule has 4 atom stereocenters. The summed E-state index contributed by atoms with van der Waals surface area (Å²) < 4.78 is 10.9. The number of aliphatic hydroxyl groups excluding tert-OH is 3. The first-order chi connectivity index (χ1) is 11.5. The largest absolute Gasteiger partial charge is 0.394 e. The van der Waals surface area contributed by atoms with Gasteiger partial charge in [-0.05, 0) is 25.5 Å². The summed E-state index contributed by atoms with van der Waals surface area (Å²) in [7, 11) is 0. The maximum absolute atomic E-state index is 9.94. The van der Waals surface area contributed by atoms with Gasteiger partial charge < -0.3 is 30.5 Å². The number of rotatable bonds is 14. The second kappa shape index (κ2) is 19.4. The maximum atomic E-state index is 9.94. The highest BCUT2D eigenvalue weighted by Gasteiger charge is 2.25. The number of hydrogen-bond donors (Lipinski definition) is 4. The SMILES string of the molecule is CCC.CCCC(OC(O)[C@H](C)OCCCSCCN)[C@@H](O)CO. The first-order valence-corrected chi connectivity index (χ1v) is 10.2. The maximum Gasteiger partial charge on any atom is 0.181 e. The molecule has 0 aliphatic heterocycles. The third kappa shape index (κ3) is 15.6. The van der Waals surface area contributed by atoms with E-state index in [2.05, 4.69) is 13.8 Å². The van der Waals surface area contributed by atoms with Crippen molar-refractivity contribution in [2.45, 2.75) is 78.0 Å². The zero-order valence-electron chi connectivity index (χ0n) is 15.8. The van der Waals surface area contributed by atoms with Crippen molar-refractivity contribution in [2.24, 2.45) is 5.73 Å². The van der Waals surface area contributed by atoms with E-state index in [9.17, 15) is 10.2 Å². The molecule has 148 valence electrons. The van der Waals surface area contributed by atoms with Crippen molar-refractivity contribution in [3.63, 3.8) is 0 Å². The second-order valence-corrected chi connectivity index (χ2v) is 6.87. The summed E-state index contributed by atoms with van der Waals surface area (Å²) in [6.07, 6.45) is 0.345. The van der Waals surface area contributed by atoms with E-state index in [-0.39, 0.29) is 6.61 Å². The Morgan fingerprint density at radius 3 is 2.25 bits per heavy atom. The summed E-state index contributed by atoms with van der Waals surface area (Å²) in [6, 6.07) is 0. The molecule has 0 aliphatic carbocycles. The predicted molar refractivity (Wildman–Crippen MR) is 101 cm³/mol. The average Bonchev–Trinajstić information content (AvgIpc) is 2.57. The molecule has 6 nitrogen and oxygen atoms in total. The molecular weight excluding hydrogens is 330 g/mol. The van der Waals surface area contributed by atoms with E-state index in [1.54, 1.807) is 18.7 Å². The van der Waals surface area contributed by atoms with Crippen molar-refractivity contribution in [2.75, 3.05) is 31.3 Å². The minimum absolute atomic E-state index is 0.384. The van der Waals surface area contributed by atoms with Crippen LogP contribution in [-0.2, 0) is 9.47 Å². The Kier molecular flexibility index (Phi) is 21.3. The van der Waals surface area contributed by atoms with Crippen LogP contribution in [0.5, 0.6) is 0 Å². The fraction of sp³-hybridized carbons (Fsp3) is 1.00. The van der Waals surface area contributed by atoms with Gasteiger partial charge in [-0.15, -0.1) is 0 Å². The molecule has 0 saturated heterocycles. The Bertz CT molecular complexity index is 249. The highest BCUT2D eigenvalue weighted by molar-refractivity contribution is 7.99. The van der Waals surface area contributed by atoms with E-state index >= 15 is 0 Å². The Labute approximate surface area is 152 Å². The lowest BCUT2D eigenvalue weighted by atomic mass is 10.1. The molecule has 0 rings (SSSR count). The van der Waals surface area contributed by atoms with Crippen LogP contribution >= 0.6 is 11.8 Å². The number of ether oxygens (including phenoxy) is 2. The summed E-state index contributed by atoms with van der Waals surface area (Å²) in [4.78, 5) is 0. The molecular formula is C17H39NO5S. The van der Waals surface area contributed by atoms with Gasteiger partial charge in [0.2, 0.25) is 0 Å². The molecule has 0 radical (unpaired) electrons. The van der Waals surface area contributed by atoms with Crippen LogP contribution in [0.4, 0.5) is 0 Å². The van der Waals surface area contributed by atoms with Crippen molar-refractivity contribution >= 4 is 11.8 Å². The smallest absolute Gasteiger partial charge is 0.181 e. The molecule has 0 aromatic heterocycles. The van der Waals surface area contributed by atoms with Crippen LogP contribution in [0.25, 0.3) is 0 Å². The van der Waals surface area contributed by atoms with Crippen LogP contribution in [0, 0.1) is 0 Å². The fourth-order valence-electron chi connectivity index (χ4n) is 1.74. The van der Waals surface area contributed by atoms with Crippen molar-refractivity contribution in [1.29, 1.82) is 0 Å². The van der Waals surface area contributed by atoms with Gasteiger partial charge in [0.1, 0.15) is 12.2 Å². The van der Waals surface area contributed by atoms with Crippen molar-refractivity contribution in [3.05, 3.63) is 0 Å².